The molecule has 3 rings (SSSR count). The summed E-state index contributed by atoms with van der Waals surface area (Å²) in [6.45, 7) is 0.416. The number of urea groups is 1. The molecule has 160 valence electrons. The number of carbonyl (C=O) groups excluding carboxylic acids is 3. The van der Waals surface area contributed by atoms with Crippen LogP contribution in [0.3, 0.4) is 0 Å². The van der Waals surface area contributed by atoms with Crippen molar-refractivity contribution in [3.63, 3.8) is 0 Å². The predicted octanol–water partition coefficient (Wildman–Crippen LogP) is 2.21. The van der Waals surface area contributed by atoms with Gasteiger partial charge in [-0.3, -0.25) is 4.79 Å². The molecule has 0 radical (unpaired) electrons. The van der Waals surface area contributed by atoms with Crippen LogP contribution in [-0.4, -0.2) is 59.6 Å². The van der Waals surface area contributed by atoms with Crippen molar-refractivity contribution in [1.29, 1.82) is 0 Å². The number of hydrogen-bond acceptors (Lipinski definition) is 6. The summed E-state index contributed by atoms with van der Waals surface area (Å²) < 4.78 is 9.39. The molecule has 1 aromatic heterocycles. The first-order valence-corrected chi connectivity index (χ1v) is 9.81. The first-order valence-electron chi connectivity index (χ1n) is 9.44. The average Bonchev–Trinajstić information content (AvgIpc) is 3.24. The molecule has 10 heteroatoms. The summed E-state index contributed by atoms with van der Waals surface area (Å²) in [5, 5.41) is 3.28. The predicted molar refractivity (Wildman–Crippen MR) is 108 cm³/mol. The van der Waals surface area contributed by atoms with Crippen molar-refractivity contribution in [3.05, 3.63) is 52.6 Å². The number of methoxy groups -OCH3 is 2. The van der Waals surface area contributed by atoms with Gasteiger partial charge in [0.1, 0.15) is 12.1 Å². The van der Waals surface area contributed by atoms with Crippen molar-refractivity contribution < 1.29 is 23.9 Å². The number of aromatic amines is 1. The first kappa shape index (κ1) is 21.6. The van der Waals surface area contributed by atoms with E-state index in [0.717, 1.165) is 17.0 Å². The second-order valence-electron chi connectivity index (χ2n) is 6.80. The van der Waals surface area contributed by atoms with Crippen molar-refractivity contribution in [3.8, 4) is 0 Å². The molecular weight excluding hydrogens is 412 g/mol. The molecule has 2 amide bonds. The molecule has 1 aromatic carbocycles. The van der Waals surface area contributed by atoms with E-state index in [0.29, 0.717) is 18.0 Å². The maximum atomic E-state index is 13.2. The molecule has 0 unspecified atom stereocenters. The molecule has 2 heterocycles. The number of hydrogen-bond donors (Lipinski definition) is 2. The summed E-state index contributed by atoms with van der Waals surface area (Å²) in [4.78, 5) is 45.9. The van der Waals surface area contributed by atoms with Crippen molar-refractivity contribution in [2.75, 3.05) is 20.8 Å². The molecule has 2 aromatic rings. The number of nitrogens with zero attached hydrogens (tertiary/aromatic N) is 2. The van der Waals surface area contributed by atoms with Gasteiger partial charge in [0.2, 0.25) is 0 Å². The lowest BCUT2D eigenvalue weighted by atomic mass is 9.96. The summed E-state index contributed by atoms with van der Waals surface area (Å²) in [6.07, 6.45) is 2.24. The zero-order valence-corrected chi connectivity index (χ0v) is 17.4. The molecule has 30 heavy (non-hydrogen) atoms. The largest absolute Gasteiger partial charge is 0.469 e. The number of halogens is 1. The Kier molecular flexibility index (Phi) is 6.94. The number of benzene rings is 1. The van der Waals surface area contributed by atoms with Crippen LogP contribution in [0.25, 0.3) is 0 Å². The summed E-state index contributed by atoms with van der Waals surface area (Å²) >= 11 is 6.02. The van der Waals surface area contributed by atoms with Crippen molar-refractivity contribution in [2.45, 2.75) is 31.3 Å². The van der Waals surface area contributed by atoms with Gasteiger partial charge in [-0.05, 0) is 24.1 Å². The molecule has 1 aliphatic heterocycles. The number of esters is 2. The van der Waals surface area contributed by atoms with Crippen molar-refractivity contribution in [2.24, 2.45) is 0 Å². The number of imidazole rings is 1. The van der Waals surface area contributed by atoms with Crippen LogP contribution < -0.4 is 5.32 Å². The zero-order valence-electron chi connectivity index (χ0n) is 16.7. The zero-order chi connectivity index (χ0) is 21.7. The number of carbonyl (C=O) groups is 3. The van der Waals surface area contributed by atoms with Crippen LogP contribution in [0.15, 0.2) is 30.6 Å². The number of nitrogens with one attached hydrogen (secondary N) is 2. The van der Waals surface area contributed by atoms with Crippen LogP contribution in [0.2, 0.25) is 5.02 Å². The molecule has 0 spiro atoms. The molecule has 2 N–H and O–H groups in total. The van der Waals surface area contributed by atoms with E-state index in [1.54, 1.807) is 23.4 Å². The molecule has 0 bridgehead atoms. The molecule has 0 saturated carbocycles. The smallest absolute Gasteiger partial charge is 0.328 e. The highest BCUT2D eigenvalue weighted by atomic mass is 35.5. The minimum absolute atomic E-state index is 0.0271. The van der Waals surface area contributed by atoms with Gasteiger partial charge in [-0.25, -0.2) is 14.6 Å². The molecule has 2 atom stereocenters. The second kappa shape index (κ2) is 9.62. The maximum Gasteiger partial charge on any atom is 0.328 e. The minimum atomic E-state index is -0.979. The fraction of sp³-hybridized carbons (Fsp3) is 0.400. The quantitative estimate of drug-likeness (QED) is 0.674. The van der Waals surface area contributed by atoms with Gasteiger partial charge in [0.25, 0.3) is 0 Å². The van der Waals surface area contributed by atoms with Crippen LogP contribution in [0.1, 0.15) is 35.8 Å². The lowest BCUT2D eigenvalue weighted by molar-refractivity contribution is -0.144. The average molecular weight is 435 g/mol. The Morgan fingerprint density at radius 2 is 2.00 bits per heavy atom. The maximum absolute atomic E-state index is 13.2. The fourth-order valence-electron chi connectivity index (χ4n) is 3.47. The molecule has 1 aliphatic rings. The number of fused-ring (bicyclic) bond motifs is 1. The SMILES string of the molecule is COC(=O)CC[C@@H](NC(=O)N1CCc2[nH]cnc2[C@H]1c1ccc(Cl)cc1)C(=O)OC. The number of amides is 2. The summed E-state index contributed by atoms with van der Waals surface area (Å²) in [6, 6.07) is 5.30. The number of ether oxygens (including phenoxy) is 2. The first-order chi connectivity index (χ1) is 14.4. The molecule has 0 fully saturated rings. The minimum Gasteiger partial charge on any atom is -0.469 e. The Bertz CT molecular complexity index is 914. The third-order valence-electron chi connectivity index (χ3n) is 5.02. The number of rotatable bonds is 6. The van der Waals surface area contributed by atoms with Crippen LogP contribution in [0.5, 0.6) is 0 Å². The normalized spacial score (nSPS) is 16.4. The van der Waals surface area contributed by atoms with Crippen LogP contribution >= 0.6 is 11.6 Å². The van der Waals surface area contributed by atoms with E-state index in [4.69, 9.17) is 16.3 Å². The van der Waals surface area contributed by atoms with Gasteiger partial charge >= 0.3 is 18.0 Å². The van der Waals surface area contributed by atoms with E-state index in [1.165, 1.54) is 14.2 Å². The highest BCUT2D eigenvalue weighted by Crippen LogP contribution is 2.33. The summed E-state index contributed by atoms with van der Waals surface area (Å²) in [7, 11) is 2.49. The van der Waals surface area contributed by atoms with Crippen molar-refractivity contribution in [1.82, 2.24) is 20.2 Å². The molecule has 0 aliphatic carbocycles. The topological polar surface area (TPSA) is 114 Å². The Labute approximate surface area is 178 Å². The fourth-order valence-corrected chi connectivity index (χ4v) is 3.59. The Morgan fingerprint density at radius 3 is 2.67 bits per heavy atom. The van der Waals surface area contributed by atoms with E-state index in [9.17, 15) is 14.4 Å². The van der Waals surface area contributed by atoms with E-state index in [-0.39, 0.29) is 12.8 Å². The van der Waals surface area contributed by atoms with Gasteiger partial charge in [-0.1, -0.05) is 23.7 Å². The van der Waals surface area contributed by atoms with E-state index < -0.39 is 30.1 Å². The standard InChI is InChI=1S/C20H23ClN4O5/c1-29-16(26)8-7-15(19(27)30-2)24-20(28)25-10-9-14-17(23-11-22-14)18(25)12-3-5-13(21)6-4-12/h3-6,11,15,18H,7-10H2,1-2H3,(H,22,23)(H,24,28)/t15-,18-/m1/s1. The molecular formula is C20H23ClN4O5. The highest BCUT2D eigenvalue weighted by Gasteiger charge is 2.35. The van der Waals surface area contributed by atoms with Gasteiger partial charge in [0.15, 0.2) is 0 Å². The van der Waals surface area contributed by atoms with Crippen LogP contribution in [0.4, 0.5) is 4.79 Å². The van der Waals surface area contributed by atoms with E-state index in [2.05, 4.69) is 20.0 Å². The van der Waals surface area contributed by atoms with Gasteiger partial charge in [-0.15, -0.1) is 0 Å². The van der Waals surface area contributed by atoms with E-state index >= 15 is 0 Å². The summed E-state index contributed by atoms with van der Waals surface area (Å²) in [5.41, 5.74) is 2.53. The Morgan fingerprint density at radius 1 is 1.27 bits per heavy atom. The third-order valence-corrected chi connectivity index (χ3v) is 5.27. The number of H-pyrrole nitrogens is 1. The summed E-state index contributed by atoms with van der Waals surface area (Å²) in [5.74, 6) is -1.11. The van der Waals surface area contributed by atoms with E-state index in [1.807, 2.05) is 12.1 Å². The second-order valence-corrected chi connectivity index (χ2v) is 7.24. The molecule has 0 saturated heterocycles. The van der Waals surface area contributed by atoms with Crippen molar-refractivity contribution >= 4 is 29.6 Å². The number of aromatic nitrogens is 2. The highest BCUT2D eigenvalue weighted by molar-refractivity contribution is 6.30. The monoisotopic (exact) mass is 434 g/mol. The Hall–Kier alpha value is -3.07. The third kappa shape index (κ3) is 4.73. The van der Waals surface area contributed by atoms with Crippen LogP contribution in [0, 0.1) is 0 Å². The molecule has 9 nitrogen and oxygen atoms in total. The Balaban J connectivity index is 1.84. The van der Waals surface area contributed by atoms with Gasteiger partial charge in [-0.2, -0.15) is 0 Å². The van der Waals surface area contributed by atoms with Gasteiger partial charge in [0, 0.05) is 30.1 Å². The van der Waals surface area contributed by atoms with Crippen LogP contribution in [-0.2, 0) is 25.5 Å². The lowest BCUT2D eigenvalue weighted by Crippen LogP contribution is -2.51. The lowest BCUT2D eigenvalue weighted by Gasteiger charge is -2.36. The van der Waals surface area contributed by atoms with Gasteiger partial charge in [0.05, 0.1) is 26.2 Å². The van der Waals surface area contributed by atoms with Gasteiger partial charge < -0.3 is 24.7 Å².